The highest BCUT2D eigenvalue weighted by Gasteiger charge is 2.33. The molecule has 1 aliphatic carbocycles. The number of benzene rings is 1. The van der Waals surface area contributed by atoms with Crippen LogP contribution in [0.4, 0.5) is 5.82 Å². The lowest BCUT2D eigenvalue weighted by Crippen LogP contribution is -2.52. The van der Waals surface area contributed by atoms with Crippen LogP contribution in [0.25, 0.3) is 11.3 Å². The molecule has 1 saturated carbocycles. The third kappa shape index (κ3) is 4.76. The second kappa shape index (κ2) is 9.42. The zero-order valence-electron chi connectivity index (χ0n) is 18.8. The first-order chi connectivity index (χ1) is 15.5. The monoisotopic (exact) mass is 439 g/mol. The van der Waals surface area contributed by atoms with Gasteiger partial charge in [-0.1, -0.05) is 0 Å². The lowest BCUT2D eigenvalue weighted by atomic mass is 10.1. The maximum Gasteiger partial charge on any atom is 0.242 e. The van der Waals surface area contributed by atoms with Crippen molar-refractivity contribution in [3.63, 3.8) is 0 Å². The molecule has 9 heteroatoms. The number of carbonyl (C=O) groups is 2. The van der Waals surface area contributed by atoms with Crippen LogP contribution in [0.1, 0.15) is 19.8 Å². The van der Waals surface area contributed by atoms with Crippen LogP contribution in [-0.2, 0) is 9.59 Å². The number of nitrogens with zero attached hydrogens (tertiary/aromatic N) is 5. The second-order valence-corrected chi connectivity index (χ2v) is 8.09. The topological polar surface area (TPSA) is 88.1 Å². The molecule has 2 aromatic rings. The third-order valence-electron chi connectivity index (χ3n) is 5.98. The van der Waals surface area contributed by atoms with E-state index >= 15 is 0 Å². The fraction of sp³-hybridized carbons (Fsp3) is 0.478. The Bertz CT molecular complexity index is 969. The maximum absolute atomic E-state index is 12.7. The first-order valence-corrected chi connectivity index (χ1v) is 10.9. The molecule has 1 saturated heterocycles. The van der Waals surface area contributed by atoms with Crippen LogP contribution in [0, 0.1) is 0 Å². The van der Waals surface area contributed by atoms with E-state index in [9.17, 15) is 9.59 Å². The van der Waals surface area contributed by atoms with Gasteiger partial charge in [-0.05, 0) is 43.2 Å². The van der Waals surface area contributed by atoms with Crippen molar-refractivity contribution in [1.29, 1.82) is 0 Å². The molecule has 2 amide bonds. The fourth-order valence-corrected chi connectivity index (χ4v) is 3.96. The van der Waals surface area contributed by atoms with Gasteiger partial charge in [-0.25, -0.2) is 0 Å². The van der Waals surface area contributed by atoms with Gasteiger partial charge in [0.15, 0.2) is 17.3 Å². The molecular formula is C23H29N5O4. The summed E-state index contributed by atoms with van der Waals surface area (Å²) < 4.78 is 10.6. The summed E-state index contributed by atoms with van der Waals surface area (Å²) in [5.41, 5.74) is 1.63. The number of rotatable bonds is 7. The van der Waals surface area contributed by atoms with Gasteiger partial charge >= 0.3 is 0 Å². The summed E-state index contributed by atoms with van der Waals surface area (Å²) in [6.45, 7) is 4.29. The minimum absolute atomic E-state index is 0.0154. The molecule has 0 unspecified atom stereocenters. The fourth-order valence-electron chi connectivity index (χ4n) is 3.96. The average molecular weight is 440 g/mol. The van der Waals surface area contributed by atoms with Crippen LogP contribution in [0.5, 0.6) is 11.5 Å². The zero-order valence-corrected chi connectivity index (χ0v) is 18.8. The summed E-state index contributed by atoms with van der Waals surface area (Å²) in [7, 11) is 3.20. The molecule has 2 fully saturated rings. The zero-order chi connectivity index (χ0) is 22.7. The number of piperazine rings is 1. The minimum Gasteiger partial charge on any atom is -0.493 e. The van der Waals surface area contributed by atoms with Gasteiger partial charge in [-0.2, -0.15) is 0 Å². The standard InChI is InChI=1S/C23H29N5O4/c1-16(29)28(18-5-6-18)15-23(30)27-12-10-26(11-13-27)22-9-7-19(24-25-22)17-4-8-20(31-2)21(14-17)32-3/h4,7-9,14,18H,5-6,10-13,15H2,1-3H3. The number of carbonyl (C=O) groups excluding carboxylic acids is 2. The van der Waals surface area contributed by atoms with Gasteiger partial charge in [-0.15, -0.1) is 10.2 Å². The second-order valence-electron chi connectivity index (χ2n) is 8.09. The number of anilines is 1. The predicted molar refractivity (Wildman–Crippen MR) is 120 cm³/mol. The van der Waals surface area contributed by atoms with Crippen molar-refractivity contribution in [2.75, 3.05) is 51.8 Å². The first kappa shape index (κ1) is 21.9. The normalized spacial score (nSPS) is 16.0. The van der Waals surface area contributed by atoms with E-state index in [1.54, 1.807) is 19.1 Å². The molecule has 32 heavy (non-hydrogen) atoms. The van der Waals surface area contributed by atoms with Crippen molar-refractivity contribution in [2.45, 2.75) is 25.8 Å². The van der Waals surface area contributed by atoms with Crippen molar-refractivity contribution in [3.8, 4) is 22.8 Å². The third-order valence-corrected chi connectivity index (χ3v) is 5.98. The van der Waals surface area contributed by atoms with Crippen molar-refractivity contribution >= 4 is 17.6 Å². The Kier molecular flexibility index (Phi) is 6.43. The van der Waals surface area contributed by atoms with Crippen molar-refractivity contribution in [1.82, 2.24) is 20.0 Å². The van der Waals surface area contributed by atoms with E-state index in [1.165, 1.54) is 6.92 Å². The maximum atomic E-state index is 12.7. The van der Waals surface area contributed by atoms with Gasteiger partial charge < -0.3 is 24.2 Å². The predicted octanol–water partition coefficient (Wildman–Crippen LogP) is 1.82. The lowest BCUT2D eigenvalue weighted by Gasteiger charge is -2.36. The molecule has 170 valence electrons. The van der Waals surface area contributed by atoms with Crippen LogP contribution in [0.15, 0.2) is 30.3 Å². The Labute approximate surface area is 187 Å². The highest BCUT2D eigenvalue weighted by atomic mass is 16.5. The van der Waals surface area contributed by atoms with Gasteiger partial charge in [0.1, 0.15) is 0 Å². The van der Waals surface area contributed by atoms with Gasteiger partial charge in [0, 0.05) is 44.7 Å². The molecule has 9 nitrogen and oxygen atoms in total. The Balaban J connectivity index is 1.35. The Morgan fingerprint density at radius 1 is 1.00 bits per heavy atom. The van der Waals surface area contributed by atoms with Gasteiger partial charge in [0.05, 0.1) is 26.5 Å². The number of aromatic nitrogens is 2. The summed E-state index contributed by atoms with van der Waals surface area (Å²) in [5.74, 6) is 2.08. The van der Waals surface area contributed by atoms with Crippen LogP contribution >= 0.6 is 0 Å². The smallest absolute Gasteiger partial charge is 0.242 e. The molecule has 0 atom stereocenters. The van der Waals surface area contributed by atoms with E-state index < -0.39 is 0 Å². The Hall–Kier alpha value is -3.36. The van der Waals surface area contributed by atoms with E-state index in [0.29, 0.717) is 37.7 Å². The number of methoxy groups -OCH3 is 2. The van der Waals surface area contributed by atoms with E-state index in [2.05, 4.69) is 15.1 Å². The van der Waals surface area contributed by atoms with Gasteiger partial charge in [0.2, 0.25) is 11.8 Å². The molecule has 1 aromatic heterocycles. The van der Waals surface area contributed by atoms with Crippen molar-refractivity contribution < 1.29 is 19.1 Å². The molecule has 0 bridgehead atoms. The highest BCUT2D eigenvalue weighted by Crippen LogP contribution is 2.31. The van der Waals surface area contributed by atoms with Crippen LogP contribution < -0.4 is 14.4 Å². The largest absolute Gasteiger partial charge is 0.493 e. The molecule has 1 aliphatic heterocycles. The van der Waals surface area contributed by atoms with E-state index in [1.807, 2.05) is 35.2 Å². The Morgan fingerprint density at radius 2 is 1.72 bits per heavy atom. The number of amides is 2. The molecular weight excluding hydrogens is 410 g/mol. The van der Waals surface area contributed by atoms with Crippen molar-refractivity contribution in [3.05, 3.63) is 30.3 Å². The van der Waals surface area contributed by atoms with Crippen LogP contribution in [-0.4, -0.2) is 84.8 Å². The molecule has 0 spiro atoms. The molecule has 4 rings (SSSR count). The lowest BCUT2D eigenvalue weighted by molar-refractivity contribution is -0.140. The summed E-state index contributed by atoms with van der Waals surface area (Å²) in [5, 5.41) is 8.78. The molecule has 0 radical (unpaired) electrons. The summed E-state index contributed by atoms with van der Waals surface area (Å²) >= 11 is 0. The SMILES string of the molecule is COc1ccc(-c2ccc(N3CCN(C(=O)CN(C(C)=O)C4CC4)CC3)nn2)cc1OC. The van der Waals surface area contributed by atoms with Gasteiger partial charge in [0.25, 0.3) is 0 Å². The summed E-state index contributed by atoms with van der Waals surface area (Å²) in [4.78, 5) is 30.1. The van der Waals surface area contributed by atoms with Crippen LogP contribution in [0.2, 0.25) is 0 Å². The van der Waals surface area contributed by atoms with Crippen LogP contribution in [0.3, 0.4) is 0 Å². The first-order valence-electron chi connectivity index (χ1n) is 10.9. The summed E-state index contributed by atoms with van der Waals surface area (Å²) in [6, 6.07) is 9.76. The number of hydrogen-bond acceptors (Lipinski definition) is 7. The Morgan fingerprint density at radius 3 is 2.28 bits per heavy atom. The summed E-state index contributed by atoms with van der Waals surface area (Å²) in [6.07, 6.45) is 2.00. The van der Waals surface area contributed by atoms with Gasteiger partial charge in [-0.3, -0.25) is 9.59 Å². The average Bonchev–Trinajstić information content (AvgIpc) is 3.67. The molecule has 0 N–H and O–H groups in total. The number of hydrogen-bond donors (Lipinski definition) is 0. The molecule has 2 heterocycles. The van der Waals surface area contributed by atoms with Crippen molar-refractivity contribution in [2.24, 2.45) is 0 Å². The minimum atomic E-state index is -0.0238. The number of ether oxygens (including phenoxy) is 2. The molecule has 1 aromatic carbocycles. The van der Waals surface area contributed by atoms with E-state index in [0.717, 1.165) is 29.9 Å². The quantitative estimate of drug-likeness (QED) is 0.650. The van der Waals surface area contributed by atoms with E-state index in [4.69, 9.17) is 9.47 Å². The molecule has 2 aliphatic rings. The highest BCUT2D eigenvalue weighted by molar-refractivity contribution is 5.84. The van der Waals surface area contributed by atoms with E-state index in [-0.39, 0.29) is 24.4 Å².